The van der Waals surface area contributed by atoms with Crippen molar-refractivity contribution in [2.45, 2.75) is 26.7 Å². The molecule has 0 aliphatic heterocycles. The van der Waals surface area contributed by atoms with Crippen molar-refractivity contribution in [1.29, 1.82) is 0 Å². The summed E-state index contributed by atoms with van der Waals surface area (Å²) in [4.78, 5) is 28.1. The minimum atomic E-state index is -0.945. The maximum atomic E-state index is 12.3. The molecule has 0 saturated heterocycles. The van der Waals surface area contributed by atoms with E-state index in [1.807, 2.05) is 31.2 Å². The van der Waals surface area contributed by atoms with Gasteiger partial charge < -0.3 is 19.3 Å². The third-order valence-electron chi connectivity index (χ3n) is 4.41. The molecule has 0 aliphatic rings. The highest BCUT2D eigenvalue weighted by Gasteiger charge is 2.21. The van der Waals surface area contributed by atoms with E-state index < -0.39 is 11.9 Å². The van der Waals surface area contributed by atoms with Crippen LogP contribution < -0.4 is 5.32 Å². The first-order valence-corrected chi connectivity index (χ1v) is 8.97. The van der Waals surface area contributed by atoms with Gasteiger partial charge in [-0.15, -0.1) is 0 Å². The normalized spacial score (nSPS) is 11.9. The van der Waals surface area contributed by atoms with Gasteiger partial charge in [-0.1, -0.05) is 29.8 Å². The topological polar surface area (TPSA) is 106 Å². The molecule has 7 nitrogen and oxygen atoms in total. The summed E-state index contributed by atoms with van der Waals surface area (Å²) in [5, 5.41) is 12.2. The van der Waals surface area contributed by atoms with Crippen LogP contribution in [-0.4, -0.2) is 28.5 Å². The quantitative estimate of drug-likeness (QED) is 0.620. The van der Waals surface area contributed by atoms with E-state index >= 15 is 0 Å². The molecule has 146 valence electrons. The molecule has 1 unspecified atom stereocenters. The summed E-state index contributed by atoms with van der Waals surface area (Å²) in [6.45, 7) is 3.72. The Hall–Kier alpha value is -3.35. The van der Waals surface area contributed by atoms with Crippen molar-refractivity contribution in [1.82, 2.24) is 10.3 Å². The number of aryl methyl sites for hydroxylation is 2. The maximum absolute atomic E-state index is 12.3. The summed E-state index contributed by atoms with van der Waals surface area (Å²) < 4.78 is 10.8. The summed E-state index contributed by atoms with van der Waals surface area (Å²) in [5.41, 5.74) is 2.49. The fraction of sp³-hybridized carbons (Fsp3) is 0.286. The van der Waals surface area contributed by atoms with Gasteiger partial charge in [0.15, 0.2) is 5.76 Å². The Kier molecular flexibility index (Phi) is 5.93. The second-order valence-corrected chi connectivity index (χ2v) is 6.71. The zero-order chi connectivity index (χ0) is 20.1. The summed E-state index contributed by atoms with van der Waals surface area (Å²) in [6, 6.07) is 11.1. The van der Waals surface area contributed by atoms with E-state index in [1.54, 1.807) is 19.1 Å². The SMILES string of the molecule is Cc1cccc(CC(CNC(=O)Cc2nc(-c3ccco3)oc2C)C(=O)O)c1. The first kappa shape index (κ1) is 19.4. The van der Waals surface area contributed by atoms with E-state index in [-0.39, 0.29) is 18.9 Å². The van der Waals surface area contributed by atoms with Gasteiger partial charge in [0.25, 0.3) is 5.89 Å². The number of carboxylic acid groups (broad SMARTS) is 1. The van der Waals surface area contributed by atoms with Crippen LogP contribution in [0.5, 0.6) is 0 Å². The number of aromatic nitrogens is 1. The van der Waals surface area contributed by atoms with Crippen molar-refractivity contribution in [3.63, 3.8) is 0 Å². The molecule has 0 aliphatic carbocycles. The zero-order valence-electron chi connectivity index (χ0n) is 15.8. The number of hydrogen-bond acceptors (Lipinski definition) is 5. The van der Waals surface area contributed by atoms with Crippen LogP contribution in [0, 0.1) is 19.8 Å². The van der Waals surface area contributed by atoms with Crippen molar-refractivity contribution in [2.75, 3.05) is 6.54 Å². The highest BCUT2D eigenvalue weighted by molar-refractivity contribution is 5.79. The number of carboxylic acids is 1. The van der Waals surface area contributed by atoms with Gasteiger partial charge >= 0.3 is 5.97 Å². The van der Waals surface area contributed by atoms with Crippen LogP contribution in [0.1, 0.15) is 22.6 Å². The molecule has 0 spiro atoms. The summed E-state index contributed by atoms with van der Waals surface area (Å²) in [6.07, 6.45) is 1.87. The Bertz CT molecular complexity index is 959. The molecular weight excluding hydrogens is 360 g/mol. The smallest absolute Gasteiger partial charge is 0.308 e. The third kappa shape index (κ3) is 4.88. The number of carbonyl (C=O) groups is 2. The van der Waals surface area contributed by atoms with E-state index in [0.717, 1.165) is 11.1 Å². The van der Waals surface area contributed by atoms with Crippen molar-refractivity contribution in [2.24, 2.45) is 5.92 Å². The number of hydrogen-bond donors (Lipinski definition) is 2. The van der Waals surface area contributed by atoms with E-state index in [2.05, 4.69) is 10.3 Å². The van der Waals surface area contributed by atoms with Gasteiger partial charge in [0.2, 0.25) is 5.91 Å². The molecule has 0 fully saturated rings. The molecule has 28 heavy (non-hydrogen) atoms. The van der Waals surface area contributed by atoms with Crippen LogP contribution in [0.3, 0.4) is 0 Å². The molecule has 0 bridgehead atoms. The molecule has 1 aromatic carbocycles. The molecule has 0 saturated carbocycles. The summed E-state index contributed by atoms with van der Waals surface area (Å²) >= 11 is 0. The van der Waals surface area contributed by atoms with Gasteiger partial charge in [0, 0.05) is 6.54 Å². The van der Waals surface area contributed by atoms with E-state index in [0.29, 0.717) is 29.5 Å². The predicted octanol–water partition coefficient (Wildman–Crippen LogP) is 3.15. The van der Waals surface area contributed by atoms with E-state index in [1.165, 1.54) is 6.26 Å². The standard InChI is InChI=1S/C21H22N2O5/c1-13-5-3-6-15(9-13)10-16(21(25)26)12-22-19(24)11-17-14(2)28-20(23-17)18-7-4-8-27-18/h3-9,16H,10-12H2,1-2H3,(H,22,24)(H,25,26). The molecule has 7 heteroatoms. The summed E-state index contributed by atoms with van der Waals surface area (Å²) in [7, 11) is 0. The molecule has 1 atom stereocenters. The first-order valence-electron chi connectivity index (χ1n) is 8.97. The monoisotopic (exact) mass is 382 g/mol. The minimum absolute atomic E-state index is 0.00677. The average molecular weight is 382 g/mol. The van der Waals surface area contributed by atoms with E-state index in [9.17, 15) is 14.7 Å². The average Bonchev–Trinajstić information content (AvgIpc) is 3.29. The van der Waals surface area contributed by atoms with Crippen LogP contribution >= 0.6 is 0 Å². The van der Waals surface area contributed by atoms with Gasteiger partial charge in [-0.25, -0.2) is 4.98 Å². The largest absolute Gasteiger partial charge is 0.481 e. The number of carbonyl (C=O) groups excluding carboxylic acids is 1. The fourth-order valence-electron chi connectivity index (χ4n) is 2.92. The lowest BCUT2D eigenvalue weighted by Crippen LogP contribution is -2.35. The maximum Gasteiger partial charge on any atom is 0.308 e. The van der Waals surface area contributed by atoms with Gasteiger partial charge in [0.1, 0.15) is 5.76 Å². The number of oxazole rings is 1. The molecule has 1 amide bonds. The van der Waals surface area contributed by atoms with Crippen LogP contribution in [0.4, 0.5) is 0 Å². The van der Waals surface area contributed by atoms with Crippen LogP contribution in [0.2, 0.25) is 0 Å². The predicted molar refractivity (Wildman–Crippen MR) is 102 cm³/mol. The van der Waals surface area contributed by atoms with Gasteiger partial charge in [-0.05, 0) is 38.0 Å². The molecule has 3 aromatic rings. The molecule has 2 aromatic heterocycles. The molecule has 2 N–H and O–H groups in total. The van der Waals surface area contributed by atoms with Gasteiger partial charge in [-0.3, -0.25) is 9.59 Å². The Labute approximate surface area is 162 Å². The lowest BCUT2D eigenvalue weighted by Gasteiger charge is -2.14. The van der Waals surface area contributed by atoms with E-state index in [4.69, 9.17) is 8.83 Å². The molecule has 0 radical (unpaired) electrons. The van der Waals surface area contributed by atoms with Crippen molar-refractivity contribution in [3.05, 3.63) is 65.2 Å². The Morgan fingerprint density at radius 3 is 2.71 bits per heavy atom. The minimum Gasteiger partial charge on any atom is -0.481 e. The molecular formula is C21H22N2O5. The van der Waals surface area contributed by atoms with Gasteiger partial charge in [-0.2, -0.15) is 0 Å². The van der Waals surface area contributed by atoms with Crippen LogP contribution in [0.25, 0.3) is 11.7 Å². The number of amides is 1. The number of aliphatic carboxylic acids is 1. The number of rotatable bonds is 8. The number of nitrogens with zero attached hydrogens (tertiary/aromatic N) is 1. The Balaban J connectivity index is 1.58. The van der Waals surface area contributed by atoms with Gasteiger partial charge in [0.05, 0.1) is 24.3 Å². The Morgan fingerprint density at radius 2 is 2.04 bits per heavy atom. The van der Waals surface area contributed by atoms with Crippen molar-refractivity contribution in [3.8, 4) is 11.7 Å². The summed E-state index contributed by atoms with van der Waals surface area (Å²) in [5.74, 6) is -0.636. The second-order valence-electron chi connectivity index (χ2n) is 6.71. The number of nitrogens with one attached hydrogen (secondary N) is 1. The van der Waals surface area contributed by atoms with Crippen molar-refractivity contribution >= 4 is 11.9 Å². The van der Waals surface area contributed by atoms with Crippen molar-refractivity contribution < 1.29 is 23.5 Å². The lowest BCUT2D eigenvalue weighted by atomic mass is 9.98. The molecule has 2 heterocycles. The lowest BCUT2D eigenvalue weighted by molar-refractivity contribution is -0.141. The Morgan fingerprint density at radius 1 is 1.21 bits per heavy atom. The highest BCUT2D eigenvalue weighted by Crippen LogP contribution is 2.22. The zero-order valence-corrected chi connectivity index (χ0v) is 15.8. The van der Waals surface area contributed by atoms with Crippen LogP contribution in [-0.2, 0) is 22.4 Å². The fourth-order valence-corrected chi connectivity index (χ4v) is 2.92. The second kappa shape index (κ2) is 8.56. The first-order chi connectivity index (χ1) is 13.4. The highest BCUT2D eigenvalue weighted by atomic mass is 16.4. The molecule has 3 rings (SSSR count). The number of benzene rings is 1. The number of furan rings is 1. The third-order valence-corrected chi connectivity index (χ3v) is 4.41. The van der Waals surface area contributed by atoms with Crippen LogP contribution in [0.15, 0.2) is 51.5 Å².